The van der Waals surface area contributed by atoms with Crippen LogP contribution in [0.15, 0.2) is 4.99 Å². The quantitative estimate of drug-likeness (QED) is 0.366. The van der Waals surface area contributed by atoms with E-state index >= 15 is 0 Å². The minimum atomic E-state index is 0. The minimum absolute atomic E-state index is 0. The van der Waals surface area contributed by atoms with Gasteiger partial charge in [-0.05, 0) is 19.3 Å². The van der Waals surface area contributed by atoms with E-state index in [0.29, 0.717) is 19.0 Å². The normalized spacial score (nSPS) is 12.6. The van der Waals surface area contributed by atoms with E-state index in [1.165, 1.54) is 12.8 Å². The summed E-state index contributed by atoms with van der Waals surface area (Å²) >= 11 is 0. The van der Waals surface area contributed by atoms with Crippen LogP contribution in [0.1, 0.15) is 46.5 Å². The molecule has 0 aliphatic carbocycles. The van der Waals surface area contributed by atoms with Crippen molar-refractivity contribution in [1.29, 1.82) is 0 Å². The van der Waals surface area contributed by atoms with Gasteiger partial charge in [-0.3, -0.25) is 9.79 Å². The Hall–Kier alpha value is -0.530. The van der Waals surface area contributed by atoms with Crippen LogP contribution in [-0.4, -0.2) is 50.5 Å². The van der Waals surface area contributed by atoms with E-state index in [-0.39, 0.29) is 29.9 Å². The second-order valence-electron chi connectivity index (χ2n) is 5.91. The number of carbonyl (C=O) groups excluding carboxylic acids is 1. The van der Waals surface area contributed by atoms with Crippen molar-refractivity contribution in [3.05, 3.63) is 0 Å². The van der Waals surface area contributed by atoms with Crippen LogP contribution in [0.2, 0.25) is 0 Å². The summed E-state index contributed by atoms with van der Waals surface area (Å²) in [5, 5.41) is 6.53. The fourth-order valence-electron chi connectivity index (χ4n) is 1.84. The van der Waals surface area contributed by atoms with Crippen LogP contribution in [-0.2, 0) is 4.79 Å². The van der Waals surface area contributed by atoms with Crippen LogP contribution >= 0.6 is 24.0 Å². The Morgan fingerprint density at radius 3 is 2.29 bits per heavy atom. The molecule has 0 spiro atoms. The Balaban J connectivity index is 0. The van der Waals surface area contributed by atoms with Crippen molar-refractivity contribution in [1.82, 2.24) is 15.5 Å². The van der Waals surface area contributed by atoms with Crippen molar-refractivity contribution in [3.8, 4) is 0 Å². The Morgan fingerprint density at radius 1 is 1.19 bits per heavy atom. The third-order valence-electron chi connectivity index (χ3n) is 3.16. The summed E-state index contributed by atoms with van der Waals surface area (Å²) in [5.41, 5.74) is 0. The van der Waals surface area contributed by atoms with E-state index in [0.717, 1.165) is 18.3 Å². The lowest BCUT2D eigenvalue weighted by atomic mass is 10.0. The van der Waals surface area contributed by atoms with Crippen LogP contribution in [0, 0.1) is 5.92 Å². The predicted octanol–water partition coefficient (Wildman–Crippen LogP) is 2.46. The number of rotatable bonds is 8. The summed E-state index contributed by atoms with van der Waals surface area (Å²) in [6.07, 6.45) is 4.10. The number of halogens is 1. The van der Waals surface area contributed by atoms with Gasteiger partial charge in [0, 0.05) is 40.2 Å². The molecule has 0 fully saturated rings. The van der Waals surface area contributed by atoms with Crippen LogP contribution in [0.5, 0.6) is 0 Å². The van der Waals surface area contributed by atoms with E-state index in [4.69, 9.17) is 0 Å². The molecule has 0 aliphatic rings. The molecule has 0 aromatic rings. The molecule has 1 unspecified atom stereocenters. The number of nitrogens with zero attached hydrogens (tertiary/aromatic N) is 2. The Kier molecular flexibility index (Phi) is 14.2. The molecule has 0 aliphatic heterocycles. The number of hydrogen-bond donors (Lipinski definition) is 2. The number of amides is 1. The van der Waals surface area contributed by atoms with Crippen molar-refractivity contribution in [2.75, 3.05) is 27.7 Å². The molecule has 0 heterocycles. The van der Waals surface area contributed by atoms with Gasteiger partial charge in [0.05, 0.1) is 0 Å². The summed E-state index contributed by atoms with van der Waals surface area (Å²) in [5.74, 6) is 1.66. The zero-order valence-electron chi connectivity index (χ0n) is 14.4. The first-order valence-corrected chi connectivity index (χ1v) is 7.54. The van der Waals surface area contributed by atoms with Gasteiger partial charge < -0.3 is 15.5 Å². The van der Waals surface area contributed by atoms with Gasteiger partial charge >= 0.3 is 0 Å². The fraction of sp³-hybridized carbons (Fsp3) is 0.867. The maximum absolute atomic E-state index is 11.5. The molecule has 2 N–H and O–H groups in total. The summed E-state index contributed by atoms with van der Waals surface area (Å²) in [4.78, 5) is 17.3. The van der Waals surface area contributed by atoms with Crippen molar-refractivity contribution in [2.45, 2.75) is 52.5 Å². The molecular formula is C15H33IN4O. The van der Waals surface area contributed by atoms with Crippen LogP contribution in [0.4, 0.5) is 0 Å². The molecule has 6 heteroatoms. The number of nitrogens with one attached hydrogen (secondary N) is 2. The molecule has 0 radical (unpaired) electrons. The van der Waals surface area contributed by atoms with E-state index in [1.807, 2.05) is 0 Å². The second-order valence-corrected chi connectivity index (χ2v) is 5.91. The zero-order valence-corrected chi connectivity index (χ0v) is 16.7. The highest BCUT2D eigenvalue weighted by Gasteiger charge is 2.07. The first-order valence-electron chi connectivity index (χ1n) is 7.54. The third-order valence-corrected chi connectivity index (χ3v) is 3.16. The van der Waals surface area contributed by atoms with Gasteiger partial charge in [0.15, 0.2) is 5.96 Å². The standard InChI is InChI=1S/C15H32N4O.HI/c1-12(2)8-7-9-13(3)18-15(16-4)17-11-10-14(20)19(5)6;/h12-13H,7-11H2,1-6H3,(H2,16,17,18);1H. The van der Waals surface area contributed by atoms with Crippen molar-refractivity contribution < 1.29 is 4.79 Å². The minimum Gasteiger partial charge on any atom is -0.356 e. The highest BCUT2D eigenvalue weighted by molar-refractivity contribution is 14.0. The topological polar surface area (TPSA) is 56.7 Å². The fourth-order valence-corrected chi connectivity index (χ4v) is 1.84. The molecule has 0 saturated carbocycles. The second kappa shape index (κ2) is 13.2. The van der Waals surface area contributed by atoms with Crippen molar-refractivity contribution in [2.24, 2.45) is 10.9 Å². The first-order chi connectivity index (χ1) is 9.36. The maximum Gasteiger partial charge on any atom is 0.223 e. The van der Waals surface area contributed by atoms with Gasteiger partial charge in [0.25, 0.3) is 0 Å². The summed E-state index contributed by atoms with van der Waals surface area (Å²) < 4.78 is 0. The van der Waals surface area contributed by atoms with E-state index in [1.54, 1.807) is 26.0 Å². The van der Waals surface area contributed by atoms with Crippen molar-refractivity contribution >= 4 is 35.8 Å². The average Bonchev–Trinajstić information content (AvgIpc) is 2.36. The highest BCUT2D eigenvalue weighted by atomic mass is 127. The Morgan fingerprint density at radius 2 is 1.81 bits per heavy atom. The lowest BCUT2D eigenvalue weighted by Crippen LogP contribution is -2.43. The zero-order chi connectivity index (χ0) is 15.5. The lowest BCUT2D eigenvalue weighted by molar-refractivity contribution is -0.128. The molecule has 0 saturated heterocycles. The van der Waals surface area contributed by atoms with Gasteiger partial charge in [-0.1, -0.05) is 26.7 Å². The molecule has 5 nitrogen and oxygen atoms in total. The maximum atomic E-state index is 11.5. The molecule has 0 aromatic carbocycles. The monoisotopic (exact) mass is 412 g/mol. The average molecular weight is 412 g/mol. The Labute approximate surface area is 147 Å². The van der Waals surface area contributed by atoms with E-state index in [9.17, 15) is 4.79 Å². The van der Waals surface area contributed by atoms with Crippen molar-refractivity contribution in [3.63, 3.8) is 0 Å². The number of aliphatic imine (C=N–C) groups is 1. The van der Waals surface area contributed by atoms with Gasteiger partial charge in [-0.2, -0.15) is 0 Å². The lowest BCUT2D eigenvalue weighted by Gasteiger charge is -2.18. The number of guanidine groups is 1. The summed E-state index contributed by atoms with van der Waals surface area (Å²) in [6, 6.07) is 0.393. The Bertz CT molecular complexity index is 306. The van der Waals surface area contributed by atoms with E-state index in [2.05, 4.69) is 36.4 Å². The molecule has 0 rings (SSSR count). The third kappa shape index (κ3) is 12.9. The summed E-state index contributed by atoms with van der Waals surface area (Å²) in [6.45, 7) is 7.27. The SMILES string of the molecule is CN=C(NCCC(=O)N(C)C)NC(C)CCCC(C)C.I. The number of carbonyl (C=O) groups is 1. The largest absolute Gasteiger partial charge is 0.356 e. The van der Waals surface area contributed by atoms with Crippen LogP contribution in [0.3, 0.4) is 0 Å². The smallest absolute Gasteiger partial charge is 0.223 e. The predicted molar refractivity (Wildman–Crippen MR) is 101 cm³/mol. The van der Waals surface area contributed by atoms with Gasteiger partial charge in [0.2, 0.25) is 5.91 Å². The molecule has 0 aromatic heterocycles. The molecule has 21 heavy (non-hydrogen) atoms. The van der Waals surface area contributed by atoms with Crippen LogP contribution in [0.25, 0.3) is 0 Å². The first kappa shape index (κ1) is 22.7. The molecule has 126 valence electrons. The molecule has 0 bridgehead atoms. The molecule has 1 amide bonds. The summed E-state index contributed by atoms with van der Waals surface area (Å²) in [7, 11) is 5.29. The van der Waals surface area contributed by atoms with Gasteiger partial charge in [-0.25, -0.2) is 0 Å². The van der Waals surface area contributed by atoms with Gasteiger partial charge in [0.1, 0.15) is 0 Å². The highest BCUT2D eigenvalue weighted by Crippen LogP contribution is 2.08. The number of hydrogen-bond acceptors (Lipinski definition) is 2. The molecular weight excluding hydrogens is 379 g/mol. The van der Waals surface area contributed by atoms with Gasteiger partial charge in [-0.15, -0.1) is 24.0 Å². The van der Waals surface area contributed by atoms with Crippen LogP contribution < -0.4 is 10.6 Å². The molecule has 1 atom stereocenters. The van der Waals surface area contributed by atoms with E-state index < -0.39 is 0 Å².